The Bertz CT molecular complexity index is 1510. The minimum absolute atomic E-state index is 0.0833. The van der Waals surface area contributed by atoms with Crippen molar-refractivity contribution in [2.75, 3.05) is 12.3 Å². The fourth-order valence-corrected chi connectivity index (χ4v) is 4.42. The highest BCUT2D eigenvalue weighted by molar-refractivity contribution is 5.98. The number of benzene rings is 2. The number of likely N-dealkylation sites (tertiary alicyclic amines) is 1. The summed E-state index contributed by atoms with van der Waals surface area (Å²) >= 11 is 0. The maximum Gasteiger partial charge on any atom is 0.264 e. The number of fused-ring (bicyclic) bond motifs is 1. The Labute approximate surface area is 206 Å². The molecule has 2 aromatic carbocycles. The van der Waals surface area contributed by atoms with E-state index in [-0.39, 0.29) is 23.3 Å². The highest BCUT2D eigenvalue weighted by Crippen LogP contribution is 2.33. The van der Waals surface area contributed by atoms with Gasteiger partial charge < -0.3 is 15.4 Å². The number of rotatable bonds is 6. The Morgan fingerprint density at radius 1 is 1.22 bits per heavy atom. The molecule has 5 rings (SSSR count). The number of halogens is 1. The van der Waals surface area contributed by atoms with Crippen molar-refractivity contribution in [1.82, 2.24) is 24.6 Å². The molecule has 9 nitrogen and oxygen atoms in total. The second kappa shape index (κ2) is 9.46. The number of nitrogens with two attached hydrogens (primary N) is 1. The van der Waals surface area contributed by atoms with Crippen LogP contribution in [0.4, 0.5) is 10.2 Å². The Morgan fingerprint density at radius 3 is 2.78 bits per heavy atom. The number of amides is 1. The number of ether oxygens (including phenoxy) is 1. The van der Waals surface area contributed by atoms with E-state index in [0.29, 0.717) is 47.1 Å². The van der Waals surface area contributed by atoms with Crippen molar-refractivity contribution in [3.05, 3.63) is 72.8 Å². The van der Waals surface area contributed by atoms with Crippen LogP contribution in [0.1, 0.15) is 12.8 Å². The third kappa shape index (κ3) is 4.34. The third-order valence-corrected chi connectivity index (χ3v) is 6.13. The van der Waals surface area contributed by atoms with Gasteiger partial charge in [-0.05, 0) is 49.2 Å². The van der Waals surface area contributed by atoms with Gasteiger partial charge in [-0.3, -0.25) is 4.79 Å². The quantitative estimate of drug-likeness (QED) is 0.324. The normalized spacial score (nSPS) is 15.1. The van der Waals surface area contributed by atoms with Crippen molar-refractivity contribution < 1.29 is 13.9 Å². The molecular weight excluding hydrogens is 461 g/mol. The average Bonchev–Trinajstić information content (AvgIpc) is 3.49. The molecule has 3 heterocycles. The fourth-order valence-electron chi connectivity index (χ4n) is 4.42. The molecule has 0 radical (unpaired) electrons. The van der Waals surface area contributed by atoms with Crippen LogP contribution in [0.25, 0.3) is 22.3 Å². The lowest BCUT2D eigenvalue weighted by Gasteiger charge is -2.24. The molecule has 2 N–H and O–H groups in total. The molecular formula is C26H22FN7O2. The van der Waals surface area contributed by atoms with Crippen molar-refractivity contribution in [2.24, 2.45) is 0 Å². The molecule has 1 aliphatic rings. The van der Waals surface area contributed by atoms with Crippen LogP contribution in [0.3, 0.4) is 0 Å². The summed E-state index contributed by atoms with van der Waals surface area (Å²) in [5.74, 6) is 0.481. The maximum atomic E-state index is 13.5. The molecule has 10 heteroatoms. The van der Waals surface area contributed by atoms with Gasteiger partial charge in [0.05, 0.1) is 18.0 Å². The Hall–Kier alpha value is -4.78. The van der Waals surface area contributed by atoms with E-state index in [9.17, 15) is 9.18 Å². The van der Waals surface area contributed by atoms with Crippen LogP contribution in [-0.4, -0.2) is 43.1 Å². The predicted octanol–water partition coefficient (Wildman–Crippen LogP) is 4.08. The lowest BCUT2D eigenvalue weighted by Crippen LogP contribution is -2.38. The van der Waals surface area contributed by atoms with Gasteiger partial charge in [0, 0.05) is 18.2 Å². The zero-order chi connectivity index (χ0) is 25.2. The Balaban J connectivity index is 1.45. The summed E-state index contributed by atoms with van der Waals surface area (Å²) in [7, 11) is 0. The summed E-state index contributed by atoms with van der Waals surface area (Å²) < 4.78 is 20.9. The molecule has 1 aliphatic heterocycles. The van der Waals surface area contributed by atoms with Gasteiger partial charge in [-0.2, -0.15) is 10.4 Å². The molecule has 4 aromatic rings. The molecule has 1 saturated heterocycles. The monoisotopic (exact) mass is 483 g/mol. The van der Waals surface area contributed by atoms with Gasteiger partial charge >= 0.3 is 0 Å². The molecule has 0 saturated carbocycles. The van der Waals surface area contributed by atoms with E-state index in [1.54, 1.807) is 33.8 Å². The molecule has 1 atom stereocenters. The van der Waals surface area contributed by atoms with E-state index in [2.05, 4.69) is 16.5 Å². The molecule has 1 fully saturated rings. The smallest absolute Gasteiger partial charge is 0.264 e. The number of nitrogen functional groups attached to an aromatic ring is 1. The Morgan fingerprint density at radius 2 is 2.03 bits per heavy atom. The zero-order valence-corrected chi connectivity index (χ0v) is 19.3. The summed E-state index contributed by atoms with van der Waals surface area (Å²) in [6.07, 6.45) is 2.98. The molecule has 0 spiro atoms. The first kappa shape index (κ1) is 23.0. The van der Waals surface area contributed by atoms with Crippen LogP contribution in [0.2, 0.25) is 0 Å². The van der Waals surface area contributed by atoms with E-state index in [1.165, 1.54) is 18.5 Å². The number of nitriles is 1. The van der Waals surface area contributed by atoms with Gasteiger partial charge in [0.2, 0.25) is 0 Å². The first-order valence-corrected chi connectivity index (χ1v) is 11.4. The van der Waals surface area contributed by atoms with Crippen LogP contribution in [0.15, 0.2) is 67.0 Å². The number of hydrogen-bond acceptors (Lipinski definition) is 7. The average molecular weight is 484 g/mol. The number of nitrogens with zero attached hydrogens (tertiary/aromatic N) is 6. The summed E-state index contributed by atoms with van der Waals surface area (Å²) in [6, 6.07) is 14.8. The van der Waals surface area contributed by atoms with Crippen LogP contribution in [0, 0.1) is 17.1 Å². The molecule has 0 bridgehead atoms. The Kier molecular flexibility index (Phi) is 6.04. The van der Waals surface area contributed by atoms with E-state index in [0.717, 1.165) is 18.4 Å². The largest absolute Gasteiger partial charge is 0.457 e. The second-order valence-electron chi connectivity index (χ2n) is 8.46. The van der Waals surface area contributed by atoms with E-state index >= 15 is 0 Å². The highest BCUT2D eigenvalue weighted by Gasteiger charge is 2.31. The van der Waals surface area contributed by atoms with Gasteiger partial charge in [-0.25, -0.2) is 19.0 Å². The summed E-state index contributed by atoms with van der Waals surface area (Å²) in [5.41, 5.74) is 8.05. The summed E-state index contributed by atoms with van der Waals surface area (Å²) in [4.78, 5) is 22.8. The first-order valence-electron chi connectivity index (χ1n) is 11.4. The standard InChI is InChI=1S/C26H22FN7O2/c1-16(13-28)26(35)33-11-3-5-19(33)14-34-25-22(24(29)30-15-31-25)23(32-34)17-7-9-20(10-8-17)36-21-6-2-4-18(27)12-21/h2,4,6-10,12,15,19H,1,3,5,11,14H2,(H2,29,30,31)/t19-/m1/s1. The van der Waals surface area contributed by atoms with Gasteiger partial charge in [0.1, 0.15) is 46.8 Å². The molecule has 1 amide bonds. The number of hydrogen-bond donors (Lipinski definition) is 1. The maximum absolute atomic E-state index is 13.5. The predicted molar refractivity (Wildman–Crippen MR) is 131 cm³/mol. The van der Waals surface area contributed by atoms with Crippen molar-refractivity contribution in [3.8, 4) is 28.8 Å². The molecule has 2 aromatic heterocycles. The van der Waals surface area contributed by atoms with Gasteiger partial charge in [-0.1, -0.05) is 12.6 Å². The lowest BCUT2D eigenvalue weighted by molar-refractivity contribution is -0.127. The molecule has 0 unspecified atom stereocenters. The molecule has 36 heavy (non-hydrogen) atoms. The molecule has 0 aliphatic carbocycles. The third-order valence-electron chi connectivity index (χ3n) is 6.13. The van der Waals surface area contributed by atoms with Crippen LogP contribution < -0.4 is 10.5 Å². The number of anilines is 1. The van der Waals surface area contributed by atoms with Gasteiger partial charge in [-0.15, -0.1) is 0 Å². The summed E-state index contributed by atoms with van der Waals surface area (Å²) in [5, 5.41) is 14.5. The topological polar surface area (TPSA) is 123 Å². The minimum Gasteiger partial charge on any atom is -0.457 e. The van der Waals surface area contributed by atoms with Crippen LogP contribution >= 0.6 is 0 Å². The minimum atomic E-state index is -0.379. The van der Waals surface area contributed by atoms with E-state index < -0.39 is 0 Å². The van der Waals surface area contributed by atoms with E-state index in [4.69, 9.17) is 20.8 Å². The first-order chi connectivity index (χ1) is 17.4. The van der Waals surface area contributed by atoms with E-state index in [1.807, 2.05) is 18.2 Å². The summed E-state index contributed by atoms with van der Waals surface area (Å²) in [6.45, 7) is 4.50. The fraction of sp³-hybridized carbons (Fsp3) is 0.192. The highest BCUT2D eigenvalue weighted by atomic mass is 19.1. The van der Waals surface area contributed by atoms with Gasteiger partial charge in [0.15, 0.2) is 5.65 Å². The lowest BCUT2D eigenvalue weighted by atomic mass is 10.1. The molecule has 180 valence electrons. The van der Waals surface area contributed by atoms with Crippen molar-refractivity contribution in [1.29, 1.82) is 5.26 Å². The number of carbonyl (C=O) groups is 1. The van der Waals surface area contributed by atoms with Crippen molar-refractivity contribution >= 4 is 22.8 Å². The number of aromatic nitrogens is 4. The SMILES string of the molecule is C=C(C#N)C(=O)N1CCC[C@@H]1Cn1nc(-c2ccc(Oc3cccc(F)c3)cc2)c2c(N)ncnc21. The zero-order valence-electron chi connectivity index (χ0n) is 19.3. The van der Waals surface area contributed by atoms with Crippen LogP contribution in [0.5, 0.6) is 11.5 Å². The number of carbonyl (C=O) groups excluding carboxylic acids is 1. The van der Waals surface area contributed by atoms with Crippen molar-refractivity contribution in [3.63, 3.8) is 0 Å². The van der Waals surface area contributed by atoms with Gasteiger partial charge in [0.25, 0.3) is 5.91 Å². The van der Waals surface area contributed by atoms with Crippen molar-refractivity contribution in [2.45, 2.75) is 25.4 Å². The second-order valence-corrected chi connectivity index (χ2v) is 8.46. The van der Waals surface area contributed by atoms with Crippen LogP contribution in [-0.2, 0) is 11.3 Å².